The van der Waals surface area contributed by atoms with Gasteiger partial charge < -0.3 is 10.2 Å². The van der Waals surface area contributed by atoms with Crippen LogP contribution < -0.4 is 0 Å². The summed E-state index contributed by atoms with van der Waals surface area (Å²) in [4.78, 5) is 37.1. The average molecular weight is 519 g/mol. The zero-order valence-corrected chi connectivity index (χ0v) is 20.6. The van der Waals surface area contributed by atoms with Gasteiger partial charge in [-0.25, -0.2) is 0 Å². The van der Waals surface area contributed by atoms with Gasteiger partial charge in [0, 0.05) is 65.2 Å². The molecule has 6 nitrogen and oxygen atoms in total. The molecule has 35 heavy (non-hydrogen) atoms. The summed E-state index contributed by atoms with van der Waals surface area (Å²) in [7, 11) is 0. The Labute approximate surface area is 212 Å². The number of carbonyl (C=O) groups is 2. The van der Waals surface area contributed by atoms with Gasteiger partial charge in [-0.15, -0.1) is 34.0 Å². The molecule has 0 aromatic carbocycles. The second kappa shape index (κ2) is 9.91. The number of aromatic nitrogens is 2. The van der Waals surface area contributed by atoms with Crippen molar-refractivity contribution < 1.29 is 19.8 Å². The minimum absolute atomic E-state index is 0.0756. The van der Waals surface area contributed by atoms with Crippen LogP contribution >= 0.6 is 34.0 Å². The highest BCUT2D eigenvalue weighted by molar-refractivity contribution is 7.28. The first-order chi connectivity index (χ1) is 17.0. The summed E-state index contributed by atoms with van der Waals surface area (Å²) in [6.45, 7) is 0. The number of hydrogen-bond donors (Lipinski definition) is 2. The minimum atomic E-state index is -0.887. The van der Waals surface area contributed by atoms with E-state index in [4.69, 9.17) is 0 Å². The third kappa shape index (κ3) is 5.07. The second-order valence-corrected chi connectivity index (χ2v) is 10.9. The highest BCUT2D eigenvalue weighted by Gasteiger charge is 2.20. The molecule has 5 aromatic heterocycles. The maximum Gasteiger partial charge on any atom is 0.307 e. The van der Waals surface area contributed by atoms with E-state index in [9.17, 15) is 19.8 Å². The van der Waals surface area contributed by atoms with Gasteiger partial charge in [0.25, 0.3) is 0 Å². The van der Waals surface area contributed by atoms with Gasteiger partial charge in [-0.2, -0.15) is 0 Å². The van der Waals surface area contributed by atoms with E-state index in [1.165, 1.54) is 0 Å². The highest BCUT2D eigenvalue weighted by Crippen LogP contribution is 2.46. The Kier molecular flexibility index (Phi) is 6.54. The van der Waals surface area contributed by atoms with Crippen molar-refractivity contribution in [3.63, 3.8) is 0 Å². The Balaban J connectivity index is 1.56. The van der Waals surface area contributed by atoms with E-state index in [0.29, 0.717) is 0 Å². The number of carboxylic acid groups (broad SMARTS) is 2. The molecule has 0 amide bonds. The first-order valence-corrected chi connectivity index (χ1v) is 13.0. The number of thiophene rings is 3. The Morgan fingerprint density at radius 2 is 1.11 bits per heavy atom. The second-order valence-electron chi connectivity index (χ2n) is 7.72. The van der Waals surface area contributed by atoms with Gasteiger partial charge in [0.05, 0.1) is 12.8 Å². The van der Waals surface area contributed by atoms with Crippen LogP contribution in [-0.2, 0) is 22.4 Å². The first kappa shape index (κ1) is 23.1. The molecule has 174 valence electrons. The Morgan fingerprint density at radius 3 is 1.49 bits per heavy atom. The van der Waals surface area contributed by atoms with Gasteiger partial charge in [-0.3, -0.25) is 19.6 Å². The topological polar surface area (TPSA) is 100 Å². The van der Waals surface area contributed by atoms with E-state index in [1.54, 1.807) is 58.8 Å². The molecule has 0 saturated heterocycles. The molecular weight excluding hydrogens is 500 g/mol. The molecule has 0 aliphatic carbocycles. The molecule has 0 bridgehead atoms. The fraction of sp³-hybridized carbons (Fsp3) is 0.0769. The molecule has 0 aliphatic rings. The number of hydrogen-bond acceptors (Lipinski definition) is 7. The lowest BCUT2D eigenvalue weighted by Crippen LogP contribution is -1.99. The summed E-state index contributed by atoms with van der Waals surface area (Å²) in [5, 5.41) is 18.9. The van der Waals surface area contributed by atoms with Crippen LogP contribution in [0.25, 0.3) is 40.4 Å². The molecule has 0 spiro atoms. The number of pyridine rings is 2. The van der Waals surface area contributed by atoms with Crippen molar-refractivity contribution in [1.29, 1.82) is 0 Å². The SMILES string of the molecule is O=C(O)Cc1cc(-c2cccnc2)sc1-c1ccc(-c2sc(-c3cccnc3)cc2CC(=O)O)s1. The molecule has 0 radical (unpaired) electrons. The Bertz CT molecular complexity index is 1390. The monoisotopic (exact) mass is 518 g/mol. The van der Waals surface area contributed by atoms with E-state index < -0.39 is 11.9 Å². The maximum atomic E-state index is 11.5. The van der Waals surface area contributed by atoms with Crippen molar-refractivity contribution >= 4 is 45.9 Å². The maximum absolute atomic E-state index is 11.5. The van der Waals surface area contributed by atoms with E-state index in [1.807, 2.05) is 48.5 Å². The molecule has 0 saturated carbocycles. The zero-order chi connectivity index (χ0) is 24.4. The lowest BCUT2D eigenvalue weighted by Gasteiger charge is -1.99. The summed E-state index contributed by atoms with van der Waals surface area (Å²) in [6.07, 6.45) is 6.80. The minimum Gasteiger partial charge on any atom is -0.481 e. The average Bonchev–Trinajstić information content (AvgIpc) is 3.58. The van der Waals surface area contributed by atoms with E-state index in [2.05, 4.69) is 9.97 Å². The summed E-state index contributed by atoms with van der Waals surface area (Å²) >= 11 is 4.62. The van der Waals surface area contributed by atoms with Crippen molar-refractivity contribution in [2.24, 2.45) is 0 Å². The number of nitrogens with zero attached hydrogens (tertiary/aromatic N) is 2. The van der Waals surface area contributed by atoms with E-state index in [-0.39, 0.29) is 12.8 Å². The summed E-state index contributed by atoms with van der Waals surface area (Å²) in [5.41, 5.74) is 3.39. The first-order valence-electron chi connectivity index (χ1n) is 10.6. The smallest absolute Gasteiger partial charge is 0.307 e. The van der Waals surface area contributed by atoms with Crippen LogP contribution in [0.3, 0.4) is 0 Å². The molecule has 0 aliphatic heterocycles. The van der Waals surface area contributed by atoms with Crippen LogP contribution in [0.15, 0.2) is 73.3 Å². The molecule has 0 fully saturated rings. The normalized spacial score (nSPS) is 11.0. The fourth-order valence-corrected chi connectivity index (χ4v) is 7.38. The molecule has 5 rings (SSSR count). The largest absolute Gasteiger partial charge is 0.481 e. The molecule has 5 heterocycles. The predicted octanol–water partition coefficient (Wildman–Crippen LogP) is 6.58. The van der Waals surface area contributed by atoms with Gasteiger partial charge >= 0.3 is 11.9 Å². The third-order valence-electron chi connectivity index (χ3n) is 5.25. The van der Waals surface area contributed by atoms with Gasteiger partial charge in [-0.1, -0.05) is 12.1 Å². The molecule has 9 heteroatoms. The van der Waals surface area contributed by atoms with Gasteiger partial charge in [0.2, 0.25) is 0 Å². The van der Waals surface area contributed by atoms with Gasteiger partial charge in [-0.05, 0) is 47.5 Å². The molecule has 2 N–H and O–H groups in total. The van der Waals surface area contributed by atoms with Gasteiger partial charge in [0.1, 0.15) is 0 Å². The highest BCUT2D eigenvalue weighted by atomic mass is 32.1. The zero-order valence-electron chi connectivity index (χ0n) is 18.2. The van der Waals surface area contributed by atoms with Crippen molar-refractivity contribution in [2.75, 3.05) is 0 Å². The molecule has 0 atom stereocenters. The standard InChI is InChI=1S/C26H18N2O4S3/c29-23(30)11-17-9-21(15-3-1-7-27-13-15)34-25(17)19-5-6-20(33-19)26-18(12-24(31)32)10-22(35-26)16-4-2-8-28-14-16/h1-10,13-14H,11-12H2,(H,29,30)(H,31,32). The van der Waals surface area contributed by atoms with Crippen molar-refractivity contribution in [3.8, 4) is 40.4 Å². The quantitative estimate of drug-likeness (QED) is 0.241. The van der Waals surface area contributed by atoms with Crippen molar-refractivity contribution in [3.05, 3.63) is 84.4 Å². The summed E-state index contributed by atoms with van der Waals surface area (Å²) in [5.74, 6) is -1.77. The number of aliphatic carboxylic acids is 2. The van der Waals surface area contributed by atoms with Crippen molar-refractivity contribution in [2.45, 2.75) is 12.8 Å². The third-order valence-corrected chi connectivity index (χ3v) is 9.15. The van der Waals surface area contributed by atoms with Crippen LogP contribution in [0.4, 0.5) is 0 Å². The fourth-order valence-electron chi connectivity index (χ4n) is 3.75. The molecule has 0 unspecified atom stereocenters. The number of rotatable bonds is 8. The summed E-state index contributed by atoms with van der Waals surface area (Å²) < 4.78 is 0. The predicted molar refractivity (Wildman–Crippen MR) is 140 cm³/mol. The van der Waals surface area contributed by atoms with Crippen molar-refractivity contribution in [1.82, 2.24) is 9.97 Å². The number of carboxylic acids is 2. The van der Waals surface area contributed by atoms with Crippen LogP contribution in [0, 0.1) is 0 Å². The lowest BCUT2D eigenvalue weighted by molar-refractivity contribution is -0.137. The summed E-state index contributed by atoms with van der Waals surface area (Å²) in [6, 6.07) is 15.4. The Morgan fingerprint density at radius 1 is 0.657 bits per heavy atom. The lowest BCUT2D eigenvalue weighted by atomic mass is 10.1. The van der Waals surface area contributed by atoms with E-state index in [0.717, 1.165) is 51.5 Å². The van der Waals surface area contributed by atoms with Crippen LogP contribution in [0.5, 0.6) is 0 Å². The van der Waals surface area contributed by atoms with Gasteiger partial charge in [0.15, 0.2) is 0 Å². The molecular formula is C26H18N2O4S3. The van der Waals surface area contributed by atoms with Crippen LogP contribution in [-0.4, -0.2) is 32.1 Å². The molecule has 5 aromatic rings. The van der Waals surface area contributed by atoms with Crippen LogP contribution in [0.1, 0.15) is 11.1 Å². The van der Waals surface area contributed by atoms with Crippen LogP contribution in [0.2, 0.25) is 0 Å². The Hall–Kier alpha value is -3.66. The van der Waals surface area contributed by atoms with E-state index >= 15 is 0 Å².